The summed E-state index contributed by atoms with van der Waals surface area (Å²) in [6.07, 6.45) is 3.09. The Labute approximate surface area is 128 Å². The van der Waals surface area contributed by atoms with Crippen LogP contribution in [-0.2, 0) is 13.0 Å². The fourth-order valence-corrected chi connectivity index (χ4v) is 2.98. The van der Waals surface area contributed by atoms with E-state index in [9.17, 15) is 4.39 Å². The molecule has 0 spiro atoms. The van der Waals surface area contributed by atoms with Crippen LogP contribution >= 0.6 is 11.6 Å². The Balaban J connectivity index is 1.79. The molecule has 4 heteroatoms. The maximum Gasteiger partial charge on any atom is 0.141 e. The summed E-state index contributed by atoms with van der Waals surface area (Å²) in [6.45, 7) is 0.367. The number of halogens is 2. The molecule has 2 aromatic rings. The van der Waals surface area contributed by atoms with Crippen LogP contribution in [0.5, 0.6) is 5.75 Å². The van der Waals surface area contributed by atoms with Crippen LogP contribution in [-0.4, -0.2) is 0 Å². The van der Waals surface area contributed by atoms with Gasteiger partial charge in [-0.2, -0.15) is 0 Å². The Morgan fingerprint density at radius 2 is 2.14 bits per heavy atom. The van der Waals surface area contributed by atoms with E-state index in [1.807, 2.05) is 12.1 Å². The van der Waals surface area contributed by atoms with E-state index >= 15 is 0 Å². The van der Waals surface area contributed by atoms with Crippen molar-refractivity contribution >= 4 is 11.6 Å². The highest BCUT2D eigenvalue weighted by Gasteiger charge is 2.19. The fraction of sp³-hybridized carbons (Fsp3) is 0.294. The van der Waals surface area contributed by atoms with E-state index in [1.54, 1.807) is 12.1 Å². The highest BCUT2D eigenvalue weighted by atomic mass is 35.5. The van der Waals surface area contributed by atoms with Gasteiger partial charge in [-0.25, -0.2) is 4.39 Å². The summed E-state index contributed by atoms with van der Waals surface area (Å²) >= 11 is 5.78. The summed E-state index contributed by atoms with van der Waals surface area (Å²) in [7, 11) is 0. The third-order valence-electron chi connectivity index (χ3n) is 3.89. The average molecular weight is 306 g/mol. The second kappa shape index (κ2) is 6.04. The molecule has 110 valence electrons. The molecule has 1 unspecified atom stereocenters. The monoisotopic (exact) mass is 305 g/mol. The molecular formula is C17H17ClFNO. The lowest BCUT2D eigenvalue weighted by atomic mass is 9.87. The second-order valence-corrected chi connectivity index (χ2v) is 5.77. The van der Waals surface area contributed by atoms with Crippen molar-refractivity contribution in [3.8, 4) is 5.75 Å². The van der Waals surface area contributed by atoms with Crippen molar-refractivity contribution in [2.45, 2.75) is 31.9 Å². The summed E-state index contributed by atoms with van der Waals surface area (Å²) in [5, 5.41) is 0.119. The molecular weight excluding hydrogens is 289 g/mol. The van der Waals surface area contributed by atoms with Crippen molar-refractivity contribution in [2.24, 2.45) is 5.73 Å². The van der Waals surface area contributed by atoms with Gasteiger partial charge in [0.05, 0.1) is 5.02 Å². The van der Waals surface area contributed by atoms with Crippen LogP contribution < -0.4 is 10.5 Å². The summed E-state index contributed by atoms with van der Waals surface area (Å²) in [4.78, 5) is 0. The van der Waals surface area contributed by atoms with Crippen LogP contribution in [0.15, 0.2) is 36.4 Å². The lowest BCUT2D eigenvalue weighted by molar-refractivity contribution is 0.300. The molecule has 0 aliphatic heterocycles. The maximum absolute atomic E-state index is 13.1. The molecule has 0 saturated heterocycles. The first kappa shape index (κ1) is 14.4. The maximum atomic E-state index is 13.1. The van der Waals surface area contributed by atoms with E-state index in [1.165, 1.54) is 17.2 Å². The molecule has 1 aliphatic rings. The molecule has 1 aliphatic carbocycles. The van der Waals surface area contributed by atoms with Crippen molar-refractivity contribution < 1.29 is 9.13 Å². The van der Waals surface area contributed by atoms with Gasteiger partial charge < -0.3 is 10.5 Å². The van der Waals surface area contributed by atoms with Crippen LogP contribution in [0, 0.1) is 5.82 Å². The molecule has 0 saturated carbocycles. The van der Waals surface area contributed by atoms with Crippen molar-refractivity contribution in [2.75, 3.05) is 0 Å². The standard InChI is InChI=1S/C17H17ClFNO/c18-14-9-11(7-8-15(14)19)10-21-17-6-2-3-12-13(17)4-1-5-16(12)20/h2-3,6-9,16H,1,4-5,10,20H2. The lowest BCUT2D eigenvalue weighted by Gasteiger charge is -2.24. The van der Waals surface area contributed by atoms with E-state index in [0.29, 0.717) is 6.61 Å². The van der Waals surface area contributed by atoms with Crippen molar-refractivity contribution in [1.82, 2.24) is 0 Å². The topological polar surface area (TPSA) is 35.2 Å². The number of rotatable bonds is 3. The van der Waals surface area contributed by atoms with Gasteiger partial charge in [-0.3, -0.25) is 0 Å². The number of benzene rings is 2. The quantitative estimate of drug-likeness (QED) is 0.912. The molecule has 0 heterocycles. The number of ether oxygens (including phenoxy) is 1. The Morgan fingerprint density at radius 1 is 1.29 bits per heavy atom. The van der Waals surface area contributed by atoms with Gasteiger partial charge in [-0.05, 0) is 54.2 Å². The normalized spacial score (nSPS) is 17.4. The summed E-state index contributed by atoms with van der Waals surface area (Å²) in [6, 6.07) is 10.7. The van der Waals surface area contributed by atoms with Gasteiger partial charge in [-0.1, -0.05) is 29.8 Å². The Bertz CT molecular complexity index is 659. The molecule has 0 bridgehead atoms. The first-order chi connectivity index (χ1) is 10.1. The molecule has 3 rings (SSSR count). The highest BCUT2D eigenvalue weighted by Crippen LogP contribution is 2.34. The predicted octanol–water partition coefficient (Wildman–Crippen LogP) is 4.39. The summed E-state index contributed by atoms with van der Waals surface area (Å²) in [5.74, 6) is 0.451. The second-order valence-electron chi connectivity index (χ2n) is 5.36. The summed E-state index contributed by atoms with van der Waals surface area (Å²) in [5.41, 5.74) is 9.37. The number of nitrogens with two attached hydrogens (primary N) is 1. The van der Waals surface area contributed by atoms with Crippen molar-refractivity contribution in [3.05, 3.63) is 63.9 Å². The zero-order valence-corrected chi connectivity index (χ0v) is 12.4. The molecule has 1 atom stereocenters. The molecule has 2 N–H and O–H groups in total. The first-order valence-electron chi connectivity index (χ1n) is 7.09. The Kier molecular flexibility index (Phi) is 4.13. The van der Waals surface area contributed by atoms with Gasteiger partial charge >= 0.3 is 0 Å². The van der Waals surface area contributed by atoms with Crippen LogP contribution in [0.2, 0.25) is 5.02 Å². The van der Waals surface area contributed by atoms with E-state index in [0.717, 1.165) is 30.6 Å². The van der Waals surface area contributed by atoms with Gasteiger partial charge in [0, 0.05) is 6.04 Å². The van der Waals surface area contributed by atoms with Crippen molar-refractivity contribution in [3.63, 3.8) is 0 Å². The fourth-order valence-electron chi connectivity index (χ4n) is 2.78. The zero-order valence-electron chi connectivity index (χ0n) is 11.6. The molecule has 0 radical (unpaired) electrons. The Hall–Kier alpha value is -1.58. The molecule has 0 amide bonds. The molecule has 2 nitrogen and oxygen atoms in total. The minimum Gasteiger partial charge on any atom is -0.489 e. The van der Waals surface area contributed by atoms with Gasteiger partial charge in [0.15, 0.2) is 0 Å². The van der Waals surface area contributed by atoms with Gasteiger partial charge in [-0.15, -0.1) is 0 Å². The van der Waals surface area contributed by atoms with Gasteiger partial charge in [0.1, 0.15) is 18.2 Å². The smallest absolute Gasteiger partial charge is 0.141 e. The minimum absolute atomic E-state index is 0.0950. The van der Waals surface area contributed by atoms with E-state index < -0.39 is 5.82 Å². The SMILES string of the molecule is NC1CCCc2c(OCc3ccc(F)c(Cl)c3)cccc21. The molecule has 21 heavy (non-hydrogen) atoms. The van der Waals surface area contributed by atoms with E-state index in [2.05, 4.69) is 6.07 Å². The molecule has 2 aromatic carbocycles. The number of fused-ring (bicyclic) bond motifs is 1. The zero-order chi connectivity index (χ0) is 14.8. The highest BCUT2D eigenvalue weighted by molar-refractivity contribution is 6.30. The lowest BCUT2D eigenvalue weighted by Crippen LogP contribution is -2.18. The van der Waals surface area contributed by atoms with Crippen molar-refractivity contribution in [1.29, 1.82) is 0 Å². The van der Waals surface area contributed by atoms with E-state index in [4.69, 9.17) is 22.1 Å². The van der Waals surface area contributed by atoms with Crippen LogP contribution in [0.3, 0.4) is 0 Å². The average Bonchev–Trinajstić information content (AvgIpc) is 2.49. The number of hydrogen-bond acceptors (Lipinski definition) is 2. The minimum atomic E-state index is -0.413. The third-order valence-corrected chi connectivity index (χ3v) is 4.18. The predicted molar refractivity (Wildman–Crippen MR) is 82.1 cm³/mol. The summed E-state index contributed by atoms with van der Waals surface area (Å²) < 4.78 is 19.0. The van der Waals surface area contributed by atoms with E-state index in [-0.39, 0.29) is 11.1 Å². The molecule has 0 fully saturated rings. The largest absolute Gasteiger partial charge is 0.489 e. The first-order valence-corrected chi connectivity index (χ1v) is 7.47. The van der Waals surface area contributed by atoms with Crippen LogP contribution in [0.1, 0.15) is 35.6 Å². The molecule has 0 aromatic heterocycles. The van der Waals surface area contributed by atoms with Gasteiger partial charge in [0.25, 0.3) is 0 Å². The van der Waals surface area contributed by atoms with Crippen LogP contribution in [0.4, 0.5) is 4.39 Å². The van der Waals surface area contributed by atoms with Crippen LogP contribution in [0.25, 0.3) is 0 Å². The third kappa shape index (κ3) is 3.04. The number of hydrogen-bond donors (Lipinski definition) is 1. The Morgan fingerprint density at radius 3 is 2.95 bits per heavy atom. The van der Waals surface area contributed by atoms with Gasteiger partial charge in [0.2, 0.25) is 0 Å².